The predicted molar refractivity (Wildman–Crippen MR) is 89.0 cm³/mol. The summed E-state index contributed by atoms with van der Waals surface area (Å²) in [6.45, 7) is 4.48. The van der Waals surface area contributed by atoms with Gasteiger partial charge >= 0.3 is 0 Å². The summed E-state index contributed by atoms with van der Waals surface area (Å²) < 4.78 is 0. The Balaban J connectivity index is 2.14. The fraction of sp³-hybridized carbons (Fsp3) is 0.316. The van der Waals surface area contributed by atoms with E-state index in [0.717, 1.165) is 12.1 Å². The van der Waals surface area contributed by atoms with E-state index in [2.05, 4.69) is 80.4 Å². The summed E-state index contributed by atoms with van der Waals surface area (Å²) >= 11 is 0. The van der Waals surface area contributed by atoms with Crippen molar-refractivity contribution < 1.29 is 0 Å². The molecule has 1 heterocycles. The van der Waals surface area contributed by atoms with E-state index in [1.54, 1.807) is 0 Å². The summed E-state index contributed by atoms with van der Waals surface area (Å²) in [5.74, 6) is 1.65. The van der Waals surface area contributed by atoms with Crippen molar-refractivity contribution in [3.63, 3.8) is 0 Å². The van der Waals surface area contributed by atoms with Gasteiger partial charge in [0.2, 0.25) is 0 Å². The number of nitrogens with zero attached hydrogens (tertiary/aromatic N) is 2. The maximum atomic E-state index is 4.92. The molecule has 0 aromatic heterocycles. The van der Waals surface area contributed by atoms with E-state index in [-0.39, 0.29) is 6.04 Å². The standard InChI is InChI=1S/C19H22N2/c1-4-14(2)19-20-17-13-9-8-12-16(17)18(21(19)3)15-10-6-5-7-11-15/h5-14,18H,4H2,1-3H3. The van der Waals surface area contributed by atoms with Crippen LogP contribution in [0.2, 0.25) is 0 Å². The summed E-state index contributed by atoms with van der Waals surface area (Å²) in [6, 6.07) is 19.5. The van der Waals surface area contributed by atoms with Crippen LogP contribution >= 0.6 is 0 Å². The van der Waals surface area contributed by atoms with E-state index >= 15 is 0 Å². The Labute approximate surface area is 127 Å². The smallest absolute Gasteiger partial charge is 0.108 e. The van der Waals surface area contributed by atoms with E-state index in [0.29, 0.717) is 5.92 Å². The normalized spacial score (nSPS) is 18.9. The van der Waals surface area contributed by atoms with Gasteiger partial charge in [0, 0.05) is 18.5 Å². The number of para-hydroxylation sites is 1. The third kappa shape index (κ3) is 2.46. The van der Waals surface area contributed by atoms with Gasteiger partial charge in [-0.3, -0.25) is 0 Å². The van der Waals surface area contributed by atoms with Gasteiger partial charge in [-0.2, -0.15) is 0 Å². The molecular formula is C19H22N2. The van der Waals surface area contributed by atoms with E-state index in [1.165, 1.54) is 17.0 Å². The van der Waals surface area contributed by atoms with Crippen molar-refractivity contribution in [2.75, 3.05) is 7.05 Å². The molecule has 2 aromatic rings. The maximum Gasteiger partial charge on any atom is 0.108 e. The zero-order valence-electron chi connectivity index (χ0n) is 13.0. The van der Waals surface area contributed by atoms with E-state index in [4.69, 9.17) is 4.99 Å². The van der Waals surface area contributed by atoms with Crippen LogP contribution in [0.3, 0.4) is 0 Å². The Morgan fingerprint density at radius 3 is 2.43 bits per heavy atom. The number of hydrogen-bond donors (Lipinski definition) is 0. The maximum absolute atomic E-state index is 4.92. The molecule has 1 aliphatic rings. The van der Waals surface area contributed by atoms with Crippen LogP contribution in [-0.2, 0) is 0 Å². The minimum atomic E-state index is 0.254. The van der Waals surface area contributed by atoms with Crippen LogP contribution in [0.25, 0.3) is 0 Å². The molecule has 0 amide bonds. The quantitative estimate of drug-likeness (QED) is 0.787. The van der Waals surface area contributed by atoms with Crippen LogP contribution in [0.5, 0.6) is 0 Å². The van der Waals surface area contributed by atoms with Crippen molar-refractivity contribution in [1.82, 2.24) is 4.90 Å². The first-order valence-electron chi connectivity index (χ1n) is 7.67. The van der Waals surface area contributed by atoms with Crippen molar-refractivity contribution in [3.8, 4) is 0 Å². The molecule has 2 aromatic carbocycles. The molecule has 2 atom stereocenters. The van der Waals surface area contributed by atoms with Crippen LogP contribution in [-0.4, -0.2) is 17.8 Å². The fourth-order valence-electron chi connectivity index (χ4n) is 3.04. The molecule has 3 rings (SSSR count). The van der Waals surface area contributed by atoms with Crippen molar-refractivity contribution in [2.24, 2.45) is 10.9 Å². The van der Waals surface area contributed by atoms with Crippen molar-refractivity contribution in [1.29, 1.82) is 0 Å². The average molecular weight is 278 g/mol. The molecule has 0 radical (unpaired) electrons. The number of benzene rings is 2. The molecule has 108 valence electrons. The second-order valence-corrected chi connectivity index (χ2v) is 5.76. The summed E-state index contributed by atoms with van der Waals surface area (Å²) in [5.41, 5.74) is 3.72. The van der Waals surface area contributed by atoms with Gasteiger partial charge in [-0.15, -0.1) is 0 Å². The molecule has 2 heteroatoms. The Morgan fingerprint density at radius 2 is 1.71 bits per heavy atom. The van der Waals surface area contributed by atoms with Crippen LogP contribution in [0.4, 0.5) is 5.69 Å². The SMILES string of the molecule is CCC(C)C1=Nc2ccccc2C(c2ccccc2)N1C. The number of aliphatic imine (C=N–C) groups is 1. The predicted octanol–water partition coefficient (Wildman–Crippen LogP) is 4.80. The zero-order chi connectivity index (χ0) is 14.8. The van der Waals surface area contributed by atoms with Gasteiger partial charge in [0.15, 0.2) is 0 Å². The molecule has 0 bridgehead atoms. The van der Waals surface area contributed by atoms with Crippen LogP contribution in [0.1, 0.15) is 37.4 Å². The third-order valence-electron chi connectivity index (χ3n) is 4.38. The van der Waals surface area contributed by atoms with E-state index in [9.17, 15) is 0 Å². The Kier molecular flexibility index (Phi) is 3.78. The van der Waals surface area contributed by atoms with Gasteiger partial charge in [-0.1, -0.05) is 62.4 Å². The molecule has 2 unspecified atom stereocenters. The van der Waals surface area contributed by atoms with Crippen molar-refractivity contribution >= 4 is 11.5 Å². The molecule has 0 N–H and O–H groups in total. The molecule has 0 spiro atoms. The van der Waals surface area contributed by atoms with Crippen LogP contribution in [0, 0.1) is 5.92 Å². The van der Waals surface area contributed by atoms with Gasteiger partial charge in [0.25, 0.3) is 0 Å². The summed E-state index contributed by atoms with van der Waals surface area (Å²) in [4.78, 5) is 7.25. The molecule has 0 saturated heterocycles. The zero-order valence-corrected chi connectivity index (χ0v) is 13.0. The van der Waals surface area contributed by atoms with Gasteiger partial charge in [-0.25, -0.2) is 4.99 Å². The first-order valence-corrected chi connectivity index (χ1v) is 7.67. The number of rotatable bonds is 3. The monoisotopic (exact) mass is 278 g/mol. The third-order valence-corrected chi connectivity index (χ3v) is 4.38. The minimum absolute atomic E-state index is 0.254. The van der Waals surface area contributed by atoms with Gasteiger partial charge in [-0.05, 0) is 18.1 Å². The van der Waals surface area contributed by atoms with Crippen molar-refractivity contribution in [2.45, 2.75) is 26.3 Å². The fourth-order valence-corrected chi connectivity index (χ4v) is 3.04. The van der Waals surface area contributed by atoms with E-state index in [1.807, 2.05) is 0 Å². The lowest BCUT2D eigenvalue weighted by molar-refractivity contribution is 0.395. The Bertz CT molecular complexity index is 646. The molecule has 0 fully saturated rings. The van der Waals surface area contributed by atoms with Gasteiger partial charge in [0.05, 0.1) is 11.7 Å². The average Bonchev–Trinajstić information content (AvgIpc) is 2.54. The molecule has 0 aliphatic carbocycles. The molecule has 1 aliphatic heterocycles. The lowest BCUT2D eigenvalue weighted by atomic mass is 9.92. The summed E-state index contributed by atoms with van der Waals surface area (Å²) in [6.07, 6.45) is 1.10. The van der Waals surface area contributed by atoms with Crippen LogP contribution < -0.4 is 0 Å². The highest BCUT2D eigenvalue weighted by Crippen LogP contribution is 2.39. The molecule has 0 saturated carbocycles. The largest absolute Gasteiger partial charge is 0.352 e. The highest BCUT2D eigenvalue weighted by Gasteiger charge is 2.30. The number of amidine groups is 1. The first kappa shape index (κ1) is 13.9. The van der Waals surface area contributed by atoms with E-state index < -0.39 is 0 Å². The molecular weight excluding hydrogens is 256 g/mol. The topological polar surface area (TPSA) is 15.6 Å². The van der Waals surface area contributed by atoms with Gasteiger partial charge < -0.3 is 4.90 Å². The lowest BCUT2D eigenvalue weighted by Gasteiger charge is -2.38. The number of fused-ring (bicyclic) bond motifs is 1. The Hall–Kier alpha value is -2.09. The second kappa shape index (κ2) is 5.72. The highest BCUT2D eigenvalue weighted by atomic mass is 15.2. The van der Waals surface area contributed by atoms with Crippen molar-refractivity contribution in [3.05, 3.63) is 65.7 Å². The van der Waals surface area contributed by atoms with Crippen LogP contribution in [0.15, 0.2) is 59.6 Å². The lowest BCUT2D eigenvalue weighted by Crippen LogP contribution is -2.37. The molecule has 2 nitrogen and oxygen atoms in total. The minimum Gasteiger partial charge on any atom is -0.352 e. The summed E-state index contributed by atoms with van der Waals surface area (Å²) in [7, 11) is 2.17. The highest BCUT2D eigenvalue weighted by molar-refractivity contribution is 5.89. The Morgan fingerprint density at radius 1 is 1.05 bits per heavy atom. The molecule has 21 heavy (non-hydrogen) atoms. The van der Waals surface area contributed by atoms with Gasteiger partial charge in [0.1, 0.15) is 5.84 Å². The second-order valence-electron chi connectivity index (χ2n) is 5.76. The summed E-state index contributed by atoms with van der Waals surface area (Å²) in [5, 5.41) is 0. The first-order chi connectivity index (χ1) is 10.2. The number of hydrogen-bond acceptors (Lipinski definition) is 2.